The zero-order valence-electron chi connectivity index (χ0n) is 13.7. The van der Waals surface area contributed by atoms with Crippen molar-refractivity contribution in [1.29, 1.82) is 0 Å². The van der Waals surface area contributed by atoms with Crippen LogP contribution in [0.1, 0.15) is 46.6 Å². The Kier molecular flexibility index (Phi) is 6.17. The number of amides is 1. The van der Waals surface area contributed by atoms with Crippen molar-refractivity contribution < 1.29 is 9.90 Å². The molecular formula is C18H21ClN2O3. The summed E-state index contributed by atoms with van der Waals surface area (Å²) < 4.78 is 0. The number of halogens is 1. The van der Waals surface area contributed by atoms with Crippen molar-refractivity contribution in [2.24, 2.45) is 0 Å². The average molecular weight is 349 g/mol. The summed E-state index contributed by atoms with van der Waals surface area (Å²) in [5.41, 5.74) is 2.02. The van der Waals surface area contributed by atoms with E-state index in [4.69, 9.17) is 11.6 Å². The van der Waals surface area contributed by atoms with Crippen LogP contribution in [0.15, 0.2) is 35.1 Å². The number of hydrogen-bond donors (Lipinski definition) is 3. The average Bonchev–Trinajstić information content (AvgIpc) is 2.56. The number of carbonyl (C=O) groups excluding carboxylic acids is 1. The lowest BCUT2D eigenvalue weighted by molar-refractivity contribution is 0.0928. The molecule has 1 atom stereocenters. The molecule has 0 aliphatic carbocycles. The number of rotatable bonds is 6. The standard InChI is InChI=1S/C18H21ClN2O3/c1-3-15-11(2)10-13(17(23)20-15)18(24)21-16(8-9-22)12-6-4-5-7-14(12)19/h4-7,10,16,22H,3,8-9H2,1-2H3,(H,20,23)(H,21,24). The summed E-state index contributed by atoms with van der Waals surface area (Å²) in [6, 6.07) is 8.24. The lowest BCUT2D eigenvalue weighted by atomic mass is 10.0. The monoisotopic (exact) mass is 348 g/mol. The van der Waals surface area contributed by atoms with Crippen molar-refractivity contribution in [3.05, 3.63) is 68.1 Å². The topological polar surface area (TPSA) is 82.2 Å². The maximum atomic E-state index is 12.5. The Morgan fingerprint density at radius 3 is 2.71 bits per heavy atom. The van der Waals surface area contributed by atoms with Crippen LogP contribution < -0.4 is 10.9 Å². The van der Waals surface area contributed by atoms with Crippen molar-refractivity contribution in [3.8, 4) is 0 Å². The molecule has 2 rings (SSSR count). The Labute approximate surface area is 145 Å². The normalized spacial score (nSPS) is 12.0. The SMILES string of the molecule is CCc1[nH]c(=O)c(C(=O)NC(CCO)c2ccccc2Cl)cc1C. The van der Waals surface area contributed by atoms with Gasteiger partial charge in [0.15, 0.2) is 0 Å². The zero-order valence-corrected chi connectivity index (χ0v) is 14.5. The summed E-state index contributed by atoms with van der Waals surface area (Å²) in [6.45, 7) is 3.68. The lowest BCUT2D eigenvalue weighted by Gasteiger charge is -2.19. The van der Waals surface area contributed by atoms with Gasteiger partial charge < -0.3 is 15.4 Å². The fourth-order valence-electron chi connectivity index (χ4n) is 2.64. The quantitative estimate of drug-likeness (QED) is 0.750. The van der Waals surface area contributed by atoms with Crippen LogP contribution in [-0.4, -0.2) is 22.6 Å². The van der Waals surface area contributed by atoms with E-state index in [1.807, 2.05) is 19.9 Å². The Hall–Kier alpha value is -2.11. The van der Waals surface area contributed by atoms with Crippen LogP contribution in [0.5, 0.6) is 0 Å². The second kappa shape index (κ2) is 8.13. The molecule has 0 bridgehead atoms. The molecule has 1 heterocycles. The fourth-order valence-corrected chi connectivity index (χ4v) is 2.90. The number of H-pyrrole nitrogens is 1. The van der Waals surface area contributed by atoms with Gasteiger partial charge in [-0.1, -0.05) is 36.7 Å². The molecule has 2 aromatic rings. The molecule has 5 nitrogen and oxygen atoms in total. The molecule has 3 N–H and O–H groups in total. The van der Waals surface area contributed by atoms with Crippen molar-refractivity contribution in [1.82, 2.24) is 10.3 Å². The van der Waals surface area contributed by atoms with Crippen molar-refractivity contribution in [2.75, 3.05) is 6.61 Å². The summed E-state index contributed by atoms with van der Waals surface area (Å²) in [6.07, 6.45) is 0.995. The largest absolute Gasteiger partial charge is 0.396 e. The number of aliphatic hydroxyl groups is 1. The number of aryl methyl sites for hydroxylation is 2. The van der Waals surface area contributed by atoms with Crippen LogP contribution >= 0.6 is 11.6 Å². The van der Waals surface area contributed by atoms with Crippen LogP contribution in [0.25, 0.3) is 0 Å². The van der Waals surface area contributed by atoms with E-state index in [-0.39, 0.29) is 12.2 Å². The molecule has 0 radical (unpaired) electrons. The first kappa shape index (κ1) is 18.2. The minimum Gasteiger partial charge on any atom is -0.396 e. The second-order valence-electron chi connectivity index (χ2n) is 5.59. The van der Waals surface area contributed by atoms with Gasteiger partial charge in [-0.2, -0.15) is 0 Å². The lowest BCUT2D eigenvalue weighted by Crippen LogP contribution is -2.34. The van der Waals surface area contributed by atoms with Gasteiger partial charge in [0.05, 0.1) is 6.04 Å². The first-order chi connectivity index (χ1) is 11.5. The van der Waals surface area contributed by atoms with Gasteiger partial charge in [-0.3, -0.25) is 9.59 Å². The predicted molar refractivity (Wildman–Crippen MR) is 94.5 cm³/mol. The molecule has 0 saturated carbocycles. The van der Waals surface area contributed by atoms with Gasteiger partial charge in [-0.05, 0) is 43.0 Å². The second-order valence-corrected chi connectivity index (χ2v) is 5.99. The number of aromatic nitrogens is 1. The van der Waals surface area contributed by atoms with Gasteiger partial charge in [0, 0.05) is 17.3 Å². The highest BCUT2D eigenvalue weighted by molar-refractivity contribution is 6.31. The number of aromatic amines is 1. The number of benzene rings is 1. The highest BCUT2D eigenvalue weighted by Crippen LogP contribution is 2.25. The number of pyridine rings is 1. The van der Waals surface area contributed by atoms with E-state index in [1.54, 1.807) is 24.3 Å². The van der Waals surface area contributed by atoms with E-state index >= 15 is 0 Å². The third-order valence-electron chi connectivity index (χ3n) is 3.95. The summed E-state index contributed by atoms with van der Waals surface area (Å²) in [5.74, 6) is -0.486. The van der Waals surface area contributed by atoms with Gasteiger partial charge in [0.2, 0.25) is 0 Å². The van der Waals surface area contributed by atoms with E-state index in [2.05, 4.69) is 10.3 Å². The molecule has 6 heteroatoms. The number of hydrogen-bond acceptors (Lipinski definition) is 3. The van der Waals surface area contributed by atoms with E-state index in [0.717, 1.165) is 11.3 Å². The molecule has 1 aromatic carbocycles. The van der Waals surface area contributed by atoms with Crippen molar-refractivity contribution in [2.45, 2.75) is 32.7 Å². The van der Waals surface area contributed by atoms with E-state index in [0.29, 0.717) is 23.4 Å². The smallest absolute Gasteiger partial charge is 0.261 e. The van der Waals surface area contributed by atoms with Gasteiger partial charge in [0.25, 0.3) is 11.5 Å². The zero-order chi connectivity index (χ0) is 17.7. The van der Waals surface area contributed by atoms with E-state index in [9.17, 15) is 14.7 Å². The Morgan fingerprint density at radius 2 is 2.08 bits per heavy atom. The summed E-state index contributed by atoms with van der Waals surface area (Å²) in [7, 11) is 0. The molecule has 1 amide bonds. The number of aliphatic hydroxyl groups excluding tert-OH is 1. The maximum Gasteiger partial charge on any atom is 0.261 e. The summed E-state index contributed by atoms with van der Waals surface area (Å²) in [4.78, 5) is 27.4. The summed E-state index contributed by atoms with van der Waals surface area (Å²) >= 11 is 6.18. The molecule has 0 aliphatic rings. The van der Waals surface area contributed by atoms with Crippen LogP contribution in [0, 0.1) is 6.92 Å². The van der Waals surface area contributed by atoms with Crippen LogP contribution in [0.4, 0.5) is 0 Å². The maximum absolute atomic E-state index is 12.5. The Bertz CT molecular complexity index is 786. The first-order valence-corrected chi connectivity index (χ1v) is 8.24. The van der Waals surface area contributed by atoms with Gasteiger partial charge >= 0.3 is 0 Å². The molecule has 0 spiro atoms. The molecule has 0 fully saturated rings. The van der Waals surface area contributed by atoms with Crippen molar-refractivity contribution >= 4 is 17.5 Å². The number of nitrogens with one attached hydrogen (secondary N) is 2. The van der Waals surface area contributed by atoms with Crippen LogP contribution in [0.3, 0.4) is 0 Å². The highest BCUT2D eigenvalue weighted by Gasteiger charge is 2.20. The minimum atomic E-state index is -0.486. The van der Waals surface area contributed by atoms with Gasteiger partial charge in [-0.25, -0.2) is 0 Å². The predicted octanol–water partition coefficient (Wildman–Crippen LogP) is 2.75. The Morgan fingerprint density at radius 1 is 1.38 bits per heavy atom. The molecule has 24 heavy (non-hydrogen) atoms. The highest BCUT2D eigenvalue weighted by atomic mass is 35.5. The fraction of sp³-hybridized carbons (Fsp3) is 0.333. The van der Waals surface area contributed by atoms with Gasteiger partial charge in [0.1, 0.15) is 5.56 Å². The molecule has 128 valence electrons. The van der Waals surface area contributed by atoms with E-state index < -0.39 is 17.5 Å². The Balaban J connectivity index is 2.31. The first-order valence-electron chi connectivity index (χ1n) is 7.86. The molecule has 0 aliphatic heterocycles. The summed E-state index contributed by atoms with van der Waals surface area (Å²) in [5, 5.41) is 12.6. The molecule has 1 unspecified atom stereocenters. The third-order valence-corrected chi connectivity index (χ3v) is 4.29. The van der Waals surface area contributed by atoms with Gasteiger partial charge in [-0.15, -0.1) is 0 Å². The van der Waals surface area contributed by atoms with Crippen molar-refractivity contribution in [3.63, 3.8) is 0 Å². The van der Waals surface area contributed by atoms with Crippen LogP contribution in [0.2, 0.25) is 5.02 Å². The molecule has 0 saturated heterocycles. The number of carbonyl (C=O) groups is 1. The third kappa shape index (κ3) is 4.04. The molecular weight excluding hydrogens is 328 g/mol. The van der Waals surface area contributed by atoms with Crippen LogP contribution in [-0.2, 0) is 6.42 Å². The minimum absolute atomic E-state index is 0.0553. The molecule has 1 aromatic heterocycles. The van der Waals surface area contributed by atoms with E-state index in [1.165, 1.54) is 0 Å².